The van der Waals surface area contributed by atoms with E-state index >= 15 is 0 Å². The lowest BCUT2D eigenvalue weighted by Crippen LogP contribution is -2.20. The number of hydrogen-bond acceptors (Lipinski definition) is 2. The van der Waals surface area contributed by atoms with Crippen LogP contribution in [0, 0.1) is 5.92 Å². The Kier molecular flexibility index (Phi) is 2.58. The molecule has 0 bridgehead atoms. The quantitative estimate of drug-likeness (QED) is 0.797. The zero-order chi connectivity index (χ0) is 10.1. The molecule has 0 unspecified atom stereocenters. The molecule has 76 valence electrons. The highest BCUT2D eigenvalue weighted by molar-refractivity contribution is 9.10. The summed E-state index contributed by atoms with van der Waals surface area (Å²) >= 11 is 3.34. The van der Waals surface area contributed by atoms with Gasteiger partial charge in [0.15, 0.2) is 0 Å². The molecule has 2 heterocycles. The third kappa shape index (κ3) is 1.97. The number of halogens is 1. The molecule has 1 aromatic rings. The molecule has 0 spiro atoms. The highest BCUT2D eigenvalue weighted by Crippen LogP contribution is 2.18. The van der Waals surface area contributed by atoms with Gasteiger partial charge >= 0.3 is 0 Å². The van der Waals surface area contributed by atoms with Crippen molar-refractivity contribution in [3.63, 3.8) is 0 Å². The molecule has 1 fully saturated rings. The second kappa shape index (κ2) is 3.73. The number of hydrogen-bond donors (Lipinski definition) is 0. The normalized spacial score (nSPS) is 22.0. The van der Waals surface area contributed by atoms with Crippen molar-refractivity contribution in [2.45, 2.75) is 13.0 Å². The zero-order valence-corrected chi connectivity index (χ0v) is 9.57. The van der Waals surface area contributed by atoms with Crippen LogP contribution < -0.4 is 0 Å². The minimum atomic E-state index is 0.237. The first-order chi connectivity index (χ1) is 6.65. The van der Waals surface area contributed by atoms with Gasteiger partial charge in [-0.3, -0.25) is 9.48 Å². The minimum Gasteiger partial charge on any atom is -0.345 e. The average molecular weight is 258 g/mol. The summed E-state index contributed by atoms with van der Waals surface area (Å²) in [4.78, 5) is 13.0. The van der Waals surface area contributed by atoms with Gasteiger partial charge in [0.2, 0.25) is 5.91 Å². The van der Waals surface area contributed by atoms with Gasteiger partial charge in [-0.05, 0) is 15.9 Å². The molecule has 5 heteroatoms. The molecule has 1 saturated heterocycles. The van der Waals surface area contributed by atoms with E-state index in [2.05, 4.69) is 21.0 Å². The lowest BCUT2D eigenvalue weighted by atomic mass is 10.1. The van der Waals surface area contributed by atoms with Crippen LogP contribution in [0.3, 0.4) is 0 Å². The van der Waals surface area contributed by atoms with E-state index in [0.717, 1.165) is 17.6 Å². The monoisotopic (exact) mass is 257 g/mol. The predicted molar refractivity (Wildman–Crippen MR) is 55.7 cm³/mol. The summed E-state index contributed by atoms with van der Waals surface area (Å²) < 4.78 is 2.86. The lowest BCUT2D eigenvalue weighted by Gasteiger charge is -2.09. The fourth-order valence-corrected chi connectivity index (χ4v) is 2.11. The first kappa shape index (κ1) is 9.71. The van der Waals surface area contributed by atoms with Gasteiger partial charge in [-0.15, -0.1) is 0 Å². The molecular weight excluding hydrogens is 246 g/mol. The van der Waals surface area contributed by atoms with Crippen molar-refractivity contribution in [1.82, 2.24) is 14.7 Å². The highest BCUT2D eigenvalue weighted by atomic mass is 79.9. The van der Waals surface area contributed by atoms with Crippen LogP contribution in [0.2, 0.25) is 0 Å². The molecule has 14 heavy (non-hydrogen) atoms. The van der Waals surface area contributed by atoms with Crippen molar-refractivity contribution in [1.29, 1.82) is 0 Å². The maximum atomic E-state index is 11.3. The van der Waals surface area contributed by atoms with Crippen molar-refractivity contribution in [2.24, 2.45) is 5.92 Å². The molecule has 1 amide bonds. The number of likely N-dealkylation sites (tertiary alicyclic amines) is 1. The van der Waals surface area contributed by atoms with Crippen molar-refractivity contribution in [3.05, 3.63) is 16.9 Å². The van der Waals surface area contributed by atoms with Gasteiger partial charge in [0, 0.05) is 38.7 Å². The molecule has 0 N–H and O–H groups in total. The van der Waals surface area contributed by atoms with E-state index in [4.69, 9.17) is 0 Å². The molecule has 0 aromatic carbocycles. The molecule has 1 aliphatic rings. The number of rotatable bonds is 2. The molecule has 4 nitrogen and oxygen atoms in total. The van der Waals surface area contributed by atoms with E-state index in [-0.39, 0.29) is 5.91 Å². The summed E-state index contributed by atoms with van der Waals surface area (Å²) in [6, 6.07) is 0. The van der Waals surface area contributed by atoms with E-state index in [1.807, 2.05) is 17.9 Å². The molecule has 0 saturated carbocycles. The van der Waals surface area contributed by atoms with Gasteiger partial charge < -0.3 is 4.90 Å². The second-order valence-electron chi connectivity index (χ2n) is 3.73. The first-order valence-electron chi connectivity index (χ1n) is 4.57. The Morgan fingerprint density at radius 3 is 3.00 bits per heavy atom. The number of aromatic nitrogens is 2. The van der Waals surface area contributed by atoms with Crippen molar-refractivity contribution in [2.75, 3.05) is 13.6 Å². The van der Waals surface area contributed by atoms with E-state index in [9.17, 15) is 4.79 Å². The van der Waals surface area contributed by atoms with Gasteiger partial charge in [0.05, 0.1) is 10.7 Å². The third-order valence-electron chi connectivity index (χ3n) is 2.47. The molecule has 0 aliphatic carbocycles. The summed E-state index contributed by atoms with van der Waals surface area (Å²) in [6.07, 6.45) is 4.34. The molecule has 0 radical (unpaired) electrons. The van der Waals surface area contributed by atoms with Crippen LogP contribution in [-0.2, 0) is 11.3 Å². The minimum absolute atomic E-state index is 0.237. The van der Waals surface area contributed by atoms with Crippen LogP contribution >= 0.6 is 15.9 Å². The lowest BCUT2D eigenvalue weighted by molar-refractivity contribution is -0.126. The van der Waals surface area contributed by atoms with Crippen LogP contribution in [0.1, 0.15) is 6.42 Å². The van der Waals surface area contributed by atoms with Gasteiger partial charge in [-0.1, -0.05) is 0 Å². The summed E-state index contributed by atoms with van der Waals surface area (Å²) in [7, 11) is 1.85. The average Bonchev–Trinajstić information content (AvgIpc) is 2.62. The van der Waals surface area contributed by atoms with Gasteiger partial charge in [-0.25, -0.2) is 0 Å². The first-order valence-corrected chi connectivity index (χ1v) is 5.36. The Morgan fingerprint density at radius 2 is 2.50 bits per heavy atom. The molecule has 1 aromatic heterocycles. The van der Waals surface area contributed by atoms with E-state index < -0.39 is 0 Å². The Labute approximate surface area is 91.0 Å². The maximum absolute atomic E-state index is 11.3. The van der Waals surface area contributed by atoms with Crippen LogP contribution in [0.4, 0.5) is 0 Å². The highest BCUT2D eigenvalue weighted by Gasteiger charge is 2.26. The number of nitrogens with zero attached hydrogens (tertiary/aromatic N) is 3. The second-order valence-corrected chi connectivity index (χ2v) is 4.64. The molecule has 1 atom stereocenters. The van der Waals surface area contributed by atoms with E-state index in [0.29, 0.717) is 12.3 Å². The molecule has 2 rings (SSSR count). The topological polar surface area (TPSA) is 38.1 Å². The van der Waals surface area contributed by atoms with Gasteiger partial charge in [-0.2, -0.15) is 5.10 Å². The van der Waals surface area contributed by atoms with Gasteiger partial charge in [0.25, 0.3) is 0 Å². The van der Waals surface area contributed by atoms with E-state index in [1.54, 1.807) is 11.1 Å². The number of carbonyl (C=O) groups excluding carboxylic acids is 1. The summed E-state index contributed by atoms with van der Waals surface area (Å²) in [5.41, 5.74) is 0. The van der Waals surface area contributed by atoms with Crippen LogP contribution in [0.25, 0.3) is 0 Å². The number of carbonyl (C=O) groups is 1. The fraction of sp³-hybridized carbons (Fsp3) is 0.556. The van der Waals surface area contributed by atoms with Crippen molar-refractivity contribution >= 4 is 21.8 Å². The Morgan fingerprint density at radius 1 is 1.71 bits per heavy atom. The molecular formula is C9H12BrN3O. The Bertz CT molecular complexity index is 350. The summed E-state index contributed by atoms with van der Waals surface area (Å²) in [5, 5.41) is 4.17. The summed E-state index contributed by atoms with van der Waals surface area (Å²) in [6.45, 7) is 1.66. The smallest absolute Gasteiger partial charge is 0.222 e. The van der Waals surface area contributed by atoms with Gasteiger partial charge in [0.1, 0.15) is 0 Å². The SMILES string of the molecule is CN1C[C@@H](Cn2cc(Br)cn2)CC1=O. The van der Waals surface area contributed by atoms with Crippen LogP contribution in [0.5, 0.6) is 0 Å². The Hall–Kier alpha value is -0.840. The molecule has 1 aliphatic heterocycles. The Balaban J connectivity index is 1.96. The van der Waals surface area contributed by atoms with Crippen molar-refractivity contribution in [3.8, 4) is 0 Å². The van der Waals surface area contributed by atoms with E-state index in [1.165, 1.54) is 0 Å². The third-order valence-corrected chi connectivity index (χ3v) is 2.88. The zero-order valence-electron chi connectivity index (χ0n) is 7.98. The fourth-order valence-electron chi connectivity index (χ4n) is 1.78. The largest absolute Gasteiger partial charge is 0.345 e. The maximum Gasteiger partial charge on any atom is 0.222 e. The van der Waals surface area contributed by atoms with Crippen LogP contribution in [0.15, 0.2) is 16.9 Å². The number of amides is 1. The standard InChI is InChI=1S/C9H12BrN3O/c1-12-4-7(2-9(12)14)5-13-6-8(10)3-11-13/h3,6-7H,2,4-5H2,1H3/t7-/m0/s1. The van der Waals surface area contributed by atoms with Crippen LogP contribution in [-0.4, -0.2) is 34.2 Å². The van der Waals surface area contributed by atoms with Crippen molar-refractivity contribution < 1.29 is 4.79 Å². The predicted octanol–water partition coefficient (Wildman–Crippen LogP) is 1.12. The summed E-state index contributed by atoms with van der Waals surface area (Å²) in [5.74, 6) is 0.639.